The first-order valence-electron chi connectivity index (χ1n) is 7.80. The molecule has 3 aromatic carbocycles. The van der Waals surface area contributed by atoms with Gasteiger partial charge in [-0.05, 0) is 24.3 Å². The Balaban J connectivity index is 2.16. The molecule has 3 heteroatoms. The van der Waals surface area contributed by atoms with Crippen molar-refractivity contribution in [2.75, 3.05) is 4.90 Å². The second-order valence-electron chi connectivity index (χ2n) is 5.33. The summed E-state index contributed by atoms with van der Waals surface area (Å²) in [5.74, 6) is 0.528. The molecule has 3 nitrogen and oxygen atoms in total. The second kappa shape index (κ2) is 7.38. The molecule has 0 N–H and O–H groups in total. The number of amidine groups is 1. The highest BCUT2D eigenvalue weighted by Gasteiger charge is 2.19. The fraction of sp³-hybridized carbons (Fsp3) is 0.0476. The normalized spacial score (nSPS) is 11.1. The van der Waals surface area contributed by atoms with Gasteiger partial charge in [0.2, 0.25) is 5.91 Å². The molecular formula is C21H18N2O. The number of hydrogen-bond acceptors (Lipinski definition) is 2. The van der Waals surface area contributed by atoms with Crippen LogP contribution in [0, 0.1) is 0 Å². The van der Waals surface area contributed by atoms with Crippen LogP contribution in [0.15, 0.2) is 96.0 Å². The molecule has 0 aliphatic heterocycles. The lowest BCUT2D eigenvalue weighted by atomic mass is 10.1. The molecule has 0 aliphatic carbocycles. The highest BCUT2D eigenvalue weighted by molar-refractivity contribution is 6.23. The van der Waals surface area contributed by atoms with Gasteiger partial charge in [-0.1, -0.05) is 66.7 Å². The molecule has 0 spiro atoms. The van der Waals surface area contributed by atoms with E-state index in [0.29, 0.717) is 5.84 Å². The summed E-state index contributed by atoms with van der Waals surface area (Å²) < 4.78 is 0. The monoisotopic (exact) mass is 314 g/mol. The van der Waals surface area contributed by atoms with Crippen molar-refractivity contribution in [3.05, 3.63) is 96.6 Å². The molecule has 0 saturated carbocycles. The second-order valence-corrected chi connectivity index (χ2v) is 5.33. The molecule has 0 fully saturated rings. The minimum Gasteiger partial charge on any atom is -0.274 e. The van der Waals surface area contributed by atoms with Gasteiger partial charge >= 0.3 is 0 Å². The van der Waals surface area contributed by atoms with E-state index in [9.17, 15) is 4.79 Å². The van der Waals surface area contributed by atoms with E-state index in [4.69, 9.17) is 4.99 Å². The SMILES string of the molecule is CC(=O)N(C(=Nc1ccccc1)c1ccccc1)c1ccccc1. The van der Waals surface area contributed by atoms with Crippen LogP contribution in [0.2, 0.25) is 0 Å². The molecular weight excluding hydrogens is 296 g/mol. The number of benzene rings is 3. The molecule has 0 heterocycles. The largest absolute Gasteiger partial charge is 0.274 e. The van der Waals surface area contributed by atoms with Crippen LogP contribution in [-0.4, -0.2) is 11.7 Å². The topological polar surface area (TPSA) is 32.7 Å². The summed E-state index contributed by atoms with van der Waals surface area (Å²) in [7, 11) is 0. The fourth-order valence-corrected chi connectivity index (χ4v) is 2.49. The Morgan fingerprint density at radius 2 is 1.25 bits per heavy atom. The van der Waals surface area contributed by atoms with E-state index < -0.39 is 0 Å². The van der Waals surface area contributed by atoms with Gasteiger partial charge in [0, 0.05) is 12.5 Å². The van der Waals surface area contributed by atoms with Crippen molar-refractivity contribution in [3.8, 4) is 0 Å². The highest BCUT2D eigenvalue weighted by atomic mass is 16.2. The van der Waals surface area contributed by atoms with Crippen LogP contribution in [0.1, 0.15) is 12.5 Å². The van der Waals surface area contributed by atoms with Crippen LogP contribution >= 0.6 is 0 Å². The maximum Gasteiger partial charge on any atom is 0.229 e. The maximum atomic E-state index is 12.4. The molecule has 0 atom stereocenters. The molecule has 3 aromatic rings. The maximum absolute atomic E-state index is 12.4. The quantitative estimate of drug-likeness (QED) is 0.504. The van der Waals surface area contributed by atoms with Crippen LogP contribution in [0.5, 0.6) is 0 Å². The zero-order valence-corrected chi connectivity index (χ0v) is 13.5. The van der Waals surface area contributed by atoms with Crippen molar-refractivity contribution in [3.63, 3.8) is 0 Å². The first-order chi connectivity index (χ1) is 11.8. The molecule has 0 bridgehead atoms. The van der Waals surface area contributed by atoms with Gasteiger partial charge in [0.15, 0.2) is 0 Å². The van der Waals surface area contributed by atoms with E-state index in [-0.39, 0.29) is 5.91 Å². The number of rotatable bonds is 3. The predicted octanol–water partition coefficient (Wildman–Crippen LogP) is 4.82. The minimum atomic E-state index is -0.0836. The highest BCUT2D eigenvalue weighted by Crippen LogP contribution is 2.21. The third-order valence-electron chi connectivity index (χ3n) is 3.56. The predicted molar refractivity (Wildman–Crippen MR) is 98.7 cm³/mol. The van der Waals surface area contributed by atoms with Crippen LogP contribution < -0.4 is 4.90 Å². The van der Waals surface area contributed by atoms with Gasteiger partial charge < -0.3 is 0 Å². The van der Waals surface area contributed by atoms with Crippen molar-refractivity contribution in [1.29, 1.82) is 0 Å². The number of hydrogen-bond donors (Lipinski definition) is 0. The number of para-hydroxylation sites is 2. The molecule has 118 valence electrons. The first kappa shape index (κ1) is 15.7. The van der Waals surface area contributed by atoms with Crippen LogP contribution in [0.3, 0.4) is 0 Å². The lowest BCUT2D eigenvalue weighted by Gasteiger charge is -2.23. The first-order valence-corrected chi connectivity index (χ1v) is 7.80. The molecule has 0 unspecified atom stereocenters. The lowest BCUT2D eigenvalue weighted by molar-refractivity contribution is -0.115. The third-order valence-corrected chi connectivity index (χ3v) is 3.56. The van der Waals surface area contributed by atoms with Crippen molar-refractivity contribution in [2.45, 2.75) is 6.92 Å². The number of carbonyl (C=O) groups is 1. The summed E-state index contributed by atoms with van der Waals surface area (Å²) in [4.78, 5) is 18.8. The zero-order valence-electron chi connectivity index (χ0n) is 13.5. The standard InChI is InChI=1S/C21H18N2O/c1-17(24)23(20-15-9-4-10-16-20)21(18-11-5-2-6-12-18)22-19-13-7-3-8-14-19/h2-16H,1H3. The molecule has 0 saturated heterocycles. The Kier molecular flexibility index (Phi) is 4.82. The number of carbonyl (C=O) groups excluding carboxylic acids is 1. The van der Waals surface area contributed by atoms with Gasteiger partial charge in [0.25, 0.3) is 0 Å². The van der Waals surface area contributed by atoms with Gasteiger partial charge in [0.05, 0.1) is 11.4 Å². The van der Waals surface area contributed by atoms with Gasteiger partial charge in [-0.2, -0.15) is 0 Å². The summed E-state index contributed by atoms with van der Waals surface area (Å²) in [5.41, 5.74) is 2.49. The Hall–Kier alpha value is -3.20. The van der Waals surface area contributed by atoms with Gasteiger partial charge in [-0.15, -0.1) is 0 Å². The smallest absolute Gasteiger partial charge is 0.229 e. The van der Waals surface area contributed by atoms with Crippen LogP contribution in [-0.2, 0) is 4.79 Å². The summed E-state index contributed by atoms with van der Waals surface area (Å²) >= 11 is 0. The van der Waals surface area contributed by atoms with E-state index >= 15 is 0 Å². The van der Waals surface area contributed by atoms with Crippen molar-refractivity contribution < 1.29 is 4.79 Å². The van der Waals surface area contributed by atoms with E-state index in [0.717, 1.165) is 16.9 Å². The minimum absolute atomic E-state index is 0.0836. The van der Waals surface area contributed by atoms with Gasteiger partial charge in [0.1, 0.15) is 5.84 Å². The van der Waals surface area contributed by atoms with E-state index in [1.165, 1.54) is 0 Å². The van der Waals surface area contributed by atoms with E-state index in [1.807, 2.05) is 91.0 Å². The van der Waals surface area contributed by atoms with Crippen molar-refractivity contribution >= 4 is 23.1 Å². The van der Waals surface area contributed by atoms with Crippen LogP contribution in [0.25, 0.3) is 0 Å². The Morgan fingerprint density at radius 1 is 0.750 bits per heavy atom. The van der Waals surface area contributed by atoms with Crippen molar-refractivity contribution in [1.82, 2.24) is 0 Å². The van der Waals surface area contributed by atoms with Crippen molar-refractivity contribution in [2.24, 2.45) is 4.99 Å². The Bertz CT molecular complexity index is 827. The summed E-state index contributed by atoms with van der Waals surface area (Å²) in [5, 5.41) is 0. The van der Waals surface area contributed by atoms with Gasteiger partial charge in [-0.3, -0.25) is 9.69 Å². The van der Waals surface area contributed by atoms with Gasteiger partial charge in [-0.25, -0.2) is 4.99 Å². The third kappa shape index (κ3) is 3.58. The molecule has 0 aromatic heterocycles. The summed E-state index contributed by atoms with van der Waals surface area (Å²) in [6.45, 7) is 1.55. The summed E-state index contributed by atoms with van der Waals surface area (Å²) in [6.07, 6.45) is 0. The molecule has 24 heavy (non-hydrogen) atoms. The zero-order chi connectivity index (χ0) is 16.8. The average Bonchev–Trinajstić information content (AvgIpc) is 2.63. The number of amides is 1. The Morgan fingerprint density at radius 3 is 1.79 bits per heavy atom. The number of aliphatic imine (C=N–C) groups is 1. The Labute approximate surface area is 141 Å². The molecule has 0 radical (unpaired) electrons. The van der Waals surface area contributed by atoms with Crippen LogP contribution in [0.4, 0.5) is 11.4 Å². The molecule has 3 rings (SSSR count). The lowest BCUT2D eigenvalue weighted by Crippen LogP contribution is -2.35. The van der Waals surface area contributed by atoms with E-state index in [2.05, 4.69) is 0 Å². The number of anilines is 1. The number of nitrogens with zero attached hydrogens (tertiary/aromatic N) is 2. The van der Waals surface area contributed by atoms with E-state index in [1.54, 1.807) is 11.8 Å². The molecule has 0 aliphatic rings. The molecule has 1 amide bonds. The summed E-state index contributed by atoms with van der Waals surface area (Å²) in [6, 6.07) is 29.0. The average molecular weight is 314 g/mol. The fourth-order valence-electron chi connectivity index (χ4n) is 2.49.